The summed E-state index contributed by atoms with van der Waals surface area (Å²) in [5.74, 6) is 0.200. The van der Waals surface area contributed by atoms with Gasteiger partial charge in [0, 0.05) is 25.4 Å². The first-order valence-electron chi connectivity index (χ1n) is 6.74. The van der Waals surface area contributed by atoms with Crippen molar-refractivity contribution < 1.29 is 18.3 Å². The van der Waals surface area contributed by atoms with Crippen LogP contribution in [0.15, 0.2) is 24.3 Å². The molecule has 1 aromatic carbocycles. The largest absolute Gasteiger partial charge is 0.416 e. The third-order valence-corrected chi connectivity index (χ3v) is 3.89. The minimum Gasteiger partial charge on any atom is -0.396 e. The van der Waals surface area contributed by atoms with Crippen molar-refractivity contribution in [3.8, 4) is 0 Å². The van der Waals surface area contributed by atoms with E-state index in [9.17, 15) is 18.3 Å². The molecule has 0 bridgehead atoms. The fraction of sp³-hybridized carbons (Fsp3) is 0.500. The molecule has 2 rings (SSSR count). The number of aliphatic hydroxyl groups is 1. The molecule has 0 unspecified atom stereocenters. The van der Waals surface area contributed by atoms with Gasteiger partial charge in [-0.2, -0.15) is 13.2 Å². The molecule has 116 valence electrons. The number of benzene rings is 1. The van der Waals surface area contributed by atoms with Gasteiger partial charge < -0.3 is 15.3 Å². The van der Waals surface area contributed by atoms with E-state index in [1.807, 2.05) is 4.90 Å². The maximum Gasteiger partial charge on any atom is 0.416 e. The Balaban J connectivity index is 1.96. The first-order valence-corrected chi connectivity index (χ1v) is 7.15. The van der Waals surface area contributed by atoms with Crippen LogP contribution >= 0.6 is 12.2 Å². The van der Waals surface area contributed by atoms with Gasteiger partial charge in [-0.25, -0.2) is 0 Å². The van der Waals surface area contributed by atoms with Crippen molar-refractivity contribution in [3.63, 3.8) is 0 Å². The summed E-state index contributed by atoms with van der Waals surface area (Å²) in [6.45, 7) is 1.59. The molecule has 7 heteroatoms. The lowest BCUT2D eigenvalue weighted by atomic mass is 9.99. The van der Waals surface area contributed by atoms with Crippen LogP contribution < -0.4 is 5.32 Å². The molecule has 1 atom stereocenters. The van der Waals surface area contributed by atoms with Crippen LogP contribution in [-0.2, 0) is 6.18 Å². The number of hydrogen-bond acceptors (Lipinski definition) is 2. The smallest absolute Gasteiger partial charge is 0.396 e. The van der Waals surface area contributed by atoms with Crippen molar-refractivity contribution >= 4 is 23.0 Å². The fourth-order valence-corrected chi connectivity index (χ4v) is 2.63. The van der Waals surface area contributed by atoms with Crippen LogP contribution in [0.3, 0.4) is 0 Å². The van der Waals surface area contributed by atoms with Crippen LogP contribution in [-0.4, -0.2) is 34.8 Å². The highest BCUT2D eigenvalue weighted by Crippen LogP contribution is 2.29. The molecule has 0 saturated carbocycles. The first-order chi connectivity index (χ1) is 9.90. The summed E-state index contributed by atoms with van der Waals surface area (Å²) in [5, 5.41) is 12.6. The van der Waals surface area contributed by atoms with Crippen LogP contribution in [0.1, 0.15) is 18.4 Å². The van der Waals surface area contributed by atoms with E-state index in [0.29, 0.717) is 17.3 Å². The molecular weight excluding hydrogens is 301 g/mol. The monoisotopic (exact) mass is 318 g/mol. The van der Waals surface area contributed by atoms with Crippen molar-refractivity contribution in [2.45, 2.75) is 19.0 Å². The second kappa shape index (κ2) is 6.62. The molecule has 0 aliphatic carbocycles. The number of nitrogens with zero attached hydrogens (tertiary/aromatic N) is 1. The number of likely N-dealkylation sites (tertiary alicyclic amines) is 1. The minimum absolute atomic E-state index is 0.124. The summed E-state index contributed by atoms with van der Waals surface area (Å²) in [5.41, 5.74) is -0.156. The lowest BCUT2D eigenvalue weighted by Gasteiger charge is -2.33. The van der Waals surface area contributed by atoms with E-state index in [1.54, 1.807) is 0 Å². The van der Waals surface area contributed by atoms with E-state index in [0.717, 1.165) is 31.5 Å². The molecule has 1 saturated heterocycles. The Bertz CT molecular complexity index is 490. The molecule has 3 nitrogen and oxygen atoms in total. The predicted octanol–water partition coefficient (Wildman–Crippen LogP) is 3.11. The Morgan fingerprint density at radius 1 is 1.33 bits per heavy atom. The first kappa shape index (κ1) is 16.0. The van der Waals surface area contributed by atoms with Crippen molar-refractivity contribution in [2.75, 3.05) is 25.0 Å². The molecule has 2 N–H and O–H groups in total. The van der Waals surface area contributed by atoms with Gasteiger partial charge in [0.1, 0.15) is 0 Å². The Morgan fingerprint density at radius 2 is 2.00 bits per heavy atom. The quantitative estimate of drug-likeness (QED) is 0.822. The van der Waals surface area contributed by atoms with E-state index in [1.165, 1.54) is 12.1 Å². The molecule has 0 radical (unpaired) electrons. The molecule has 0 amide bonds. The van der Waals surface area contributed by atoms with Crippen LogP contribution in [0.5, 0.6) is 0 Å². The van der Waals surface area contributed by atoms with Gasteiger partial charge in [0.05, 0.1) is 5.56 Å². The van der Waals surface area contributed by atoms with Gasteiger partial charge >= 0.3 is 6.18 Å². The summed E-state index contributed by atoms with van der Waals surface area (Å²) in [7, 11) is 0. The lowest BCUT2D eigenvalue weighted by Crippen LogP contribution is -2.43. The van der Waals surface area contributed by atoms with Gasteiger partial charge in [-0.3, -0.25) is 0 Å². The number of rotatable bonds is 2. The Hall–Kier alpha value is -1.34. The zero-order valence-electron chi connectivity index (χ0n) is 11.4. The fourth-order valence-electron chi connectivity index (χ4n) is 2.34. The van der Waals surface area contributed by atoms with Crippen LogP contribution in [0, 0.1) is 5.92 Å². The number of nitrogens with one attached hydrogen (secondary N) is 1. The summed E-state index contributed by atoms with van der Waals surface area (Å²) < 4.78 is 37.4. The highest BCUT2D eigenvalue weighted by molar-refractivity contribution is 7.80. The average molecular weight is 318 g/mol. The van der Waals surface area contributed by atoms with Crippen molar-refractivity contribution in [1.29, 1.82) is 0 Å². The molecule has 0 spiro atoms. The third kappa shape index (κ3) is 4.31. The third-order valence-electron chi connectivity index (χ3n) is 3.53. The number of hydrogen-bond donors (Lipinski definition) is 2. The van der Waals surface area contributed by atoms with Crippen molar-refractivity contribution in [3.05, 3.63) is 29.8 Å². The van der Waals surface area contributed by atoms with E-state index in [2.05, 4.69) is 5.32 Å². The molecule has 1 aromatic rings. The number of aliphatic hydroxyl groups excluding tert-OH is 1. The second-order valence-corrected chi connectivity index (χ2v) is 5.53. The molecular formula is C14H17F3N2OS. The molecule has 1 heterocycles. The normalized spacial score (nSPS) is 19.4. The van der Waals surface area contributed by atoms with Gasteiger partial charge in [0.15, 0.2) is 5.11 Å². The van der Waals surface area contributed by atoms with E-state index in [-0.39, 0.29) is 12.5 Å². The zero-order valence-corrected chi connectivity index (χ0v) is 12.2. The summed E-state index contributed by atoms with van der Waals surface area (Å²) in [6, 6.07) is 4.78. The number of anilines is 1. The van der Waals surface area contributed by atoms with Crippen LogP contribution in [0.4, 0.5) is 18.9 Å². The van der Waals surface area contributed by atoms with Crippen molar-refractivity contribution in [1.82, 2.24) is 4.90 Å². The highest BCUT2D eigenvalue weighted by Gasteiger charge is 2.30. The van der Waals surface area contributed by atoms with Gasteiger partial charge in [-0.1, -0.05) is 0 Å². The summed E-state index contributed by atoms with van der Waals surface area (Å²) in [6.07, 6.45) is -2.42. The topological polar surface area (TPSA) is 35.5 Å². The Labute approximate surface area is 126 Å². The van der Waals surface area contributed by atoms with Gasteiger partial charge in [-0.15, -0.1) is 0 Å². The molecule has 0 aromatic heterocycles. The highest BCUT2D eigenvalue weighted by atomic mass is 32.1. The molecule has 1 aliphatic rings. The summed E-state index contributed by atoms with van der Waals surface area (Å²) >= 11 is 5.27. The predicted molar refractivity (Wildman–Crippen MR) is 79.0 cm³/mol. The average Bonchev–Trinajstić information content (AvgIpc) is 2.47. The van der Waals surface area contributed by atoms with Gasteiger partial charge in [0.25, 0.3) is 0 Å². The van der Waals surface area contributed by atoms with E-state index >= 15 is 0 Å². The van der Waals surface area contributed by atoms with Crippen LogP contribution in [0.25, 0.3) is 0 Å². The maximum atomic E-state index is 12.5. The van der Waals surface area contributed by atoms with E-state index < -0.39 is 11.7 Å². The second-order valence-electron chi connectivity index (χ2n) is 5.14. The number of halogens is 3. The number of piperidine rings is 1. The van der Waals surface area contributed by atoms with E-state index in [4.69, 9.17) is 12.2 Å². The SMILES string of the molecule is OC[C@@H]1CCCN(C(=S)Nc2ccc(C(F)(F)F)cc2)C1. The molecule has 1 aliphatic heterocycles. The maximum absolute atomic E-state index is 12.5. The van der Waals surface area contributed by atoms with Crippen LogP contribution in [0.2, 0.25) is 0 Å². The summed E-state index contributed by atoms with van der Waals surface area (Å²) in [4.78, 5) is 1.94. The zero-order chi connectivity index (χ0) is 15.5. The minimum atomic E-state index is -4.33. The number of thiocarbonyl (C=S) groups is 1. The van der Waals surface area contributed by atoms with Crippen molar-refractivity contribution in [2.24, 2.45) is 5.92 Å². The Kier molecular flexibility index (Phi) is 5.05. The lowest BCUT2D eigenvalue weighted by molar-refractivity contribution is -0.137. The number of alkyl halides is 3. The van der Waals surface area contributed by atoms with Gasteiger partial charge in [0.2, 0.25) is 0 Å². The Morgan fingerprint density at radius 3 is 2.57 bits per heavy atom. The molecule has 1 fully saturated rings. The van der Waals surface area contributed by atoms with Gasteiger partial charge in [-0.05, 0) is 55.2 Å². The standard InChI is InChI=1S/C14H17F3N2OS/c15-14(16,17)11-3-5-12(6-4-11)18-13(21)19-7-1-2-10(8-19)9-20/h3-6,10,20H,1-2,7-9H2,(H,18,21)/t10-/m1/s1. The molecule has 21 heavy (non-hydrogen) atoms.